The Kier molecular flexibility index (Phi) is 6.88. The van der Waals surface area contributed by atoms with Crippen molar-refractivity contribution >= 4 is 40.3 Å². The first-order chi connectivity index (χ1) is 11.5. The zero-order valence-electron chi connectivity index (χ0n) is 14.4. The Labute approximate surface area is 155 Å². The van der Waals surface area contributed by atoms with Crippen molar-refractivity contribution in [2.75, 3.05) is 30.4 Å². The molecule has 5 heteroatoms. The lowest BCUT2D eigenvalue weighted by molar-refractivity contribution is 0.508. The van der Waals surface area contributed by atoms with Crippen molar-refractivity contribution in [1.82, 2.24) is 4.90 Å². The van der Waals surface area contributed by atoms with Gasteiger partial charge < -0.3 is 15.1 Å². The molecule has 0 saturated carbocycles. The number of benzene rings is 2. The van der Waals surface area contributed by atoms with Gasteiger partial charge in [0, 0.05) is 43.1 Å². The summed E-state index contributed by atoms with van der Waals surface area (Å²) in [6, 6.07) is 16.2. The first kappa shape index (κ1) is 18.6. The zero-order chi connectivity index (χ0) is 17.5. The predicted molar refractivity (Wildman–Crippen MR) is 109 cm³/mol. The number of hydrogen-bond acceptors (Lipinski definition) is 2. The van der Waals surface area contributed by atoms with Crippen LogP contribution in [0.2, 0.25) is 5.02 Å². The molecule has 0 spiro atoms. The molecule has 1 N–H and O–H groups in total. The van der Waals surface area contributed by atoms with Gasteiger partial charge in [-0.1, -0.05) is 23.7 Å². The molecular weight excluding hydrogens is 338 g/mol. The molecule has 2 aromatic carbocycles. The third-order valence-corrected chi connectivity index (χ3v) is 4.59. The van der Waals surface area contributed by atoms with Crippen LogP contribution in [0.4, 0.5) is 11.4 Å². The molecule has 0 aliphatic carbocycles. The summed E-state index contributed by atoms with van der Waals surface area (Å²) in [6.45, 7) is 7.14. The standard InChI is InChI=1S/C19H24ClN3S/c1-4-23(5-2)18-12-6-15(7-13-18)14-22(3)19(24)21-17-10-8-16(20)9-11-17/h6-13H,4-5,14H2,1-3H3,(H,21,24). The molecule has 0 aromatic heterocycles. The van der Waals surface area contributed by atoms with Crippen LogP contribution >= 0.6 is 23.8 Å². The molecule has 0 saturated heterocycles. The van der Waals surface area contributed by atoms with Crippen molar-refractivity contribution in [3.63, 3.8) is 0 Å². The predicted octanol–water partition coefficient (Wildman–Crippen LogP) is 5.02. The molecule has 0 atom stereocenters. The second-order valence-corrected chi connectivity index (χ2v) is 6.45. The van der Waals surface area contributed by atoms with Gasteiger partial charge in [-0.2, -0.15) is 0 Å². The van der Waals surface area contributed by atoms with E-state index < -0.39 is 0 Å². The number of halogens is 1. The molecule has 0 unspecified atom stereocenters. The summed E-state index contributed by atoms with van der Waals surface area (Å²) in [4.78, 5) is 4.36. The van der Waals surface area contributed by atoms with Crippen LogP contribution in [0.5, 0.6) is 0 Å². The van der Waals surface area contributed by atoms with Crippen LogP contribution in [-0.2, 0) is 6.54 Å². The Hall–Kier alpha value is -1.78. The fraction of sp³-hybridized carbons (Fsp3) is 0.316. The second kappa shape index (κ2) is 8.90. The van der Waals surface area contributed by atoms with E-state index in [-0.39, 0.29) is 0 Å². The number of rotatable bonds is 6. The van der Waals surface area contributed by atoms with Gasteiger partial charge in [-0.3, -0.25) is 0 Å². The molecule has 2 aromatic rings. The van der Waals surface area contributed by atoms with E-state index in [1.165, 1.54) is 11.3 Å². The molecule has 3 nitrogen and oxygen atoms in total. The van der Waals surface area contributed by atoms with E-state index in [9.17, 15) is 0 Å². The minimum atomic E-state index is 0.685. The monoisotopic (exact) mass is 361 g/mol. The second-order valence-electron chi connectivity index (χ2n) is 5.63. The van der Waals surface area contributed by atoms with E-state index >= 15 is 0 Å². The maximum absolute atomic E-state index is 5.90. The number of thiocarbonyl (C=S) groups is 1. The van der Waals surface area contributed by atoms with Gasteiger partial charge >= 0.3 is 0 Å². The first-order valence-corrected chi connectivity index (χ1v) is 8.93. The summed E-state index contributed by atoms with van der Waals surface area (Å²) < 4.78 is 0. The number of nitrogens with zero attached hydrogens (tertiary/aromatic N) is 2. The molecular formula is C19H24ClN3S. The highest BCUT2D eigenvalue weighted by Gasteiger charge is 2.07. The molecule has 0 aliphatic rings. The number of anilines is 2. The van der Waals surface area contributed by atoms with E-state index in [0.29, 0.717) is 10.1 Å². The Morgan fingerprint density at radius 2 is 1.58 bits per heavy atom. The maximum atomic E-state index is 5.90. The molecule has 2 rings (SSSR count). The molecule has 0 aliphatic heterocycles. The zero-order valence-corrected chi connectivity index (χ0v) is 16.0. The third kappa shape index (κ3) is 5.11. The van der Waals surface area contributed by atoms with Crippen molar-refractivity contribution in [1.29, 1.82) is 0 Å². The molecule has 0 heterocycles. The number of hydrogen-bond donors (Lipinski definition) is 1. The highest BCUT2D eigenvalue weighted by Crippen LogP contribution is 2.17. The van der Waals surface area contributed by atoms with Crippen molar-refractivity contribution in [3.8, 4) is 0 Å². The summed E-state index contributed by atoms with van der Waals surface area (Å²) in [5, 5.41) is 4.63. The van der Waals surface area contributed by atoms with E-state index in [1.807, 2.05) is 36.2 Å². The van der Waals surface area contributed by atoms with Crippen LogP contribution < -0.4 is 10.2 Å². The Morgan fingerprint density at radius 3 is 2.12 bits per heavy atom. The van der Waals surface area contributed by atoms with Gasteiger partial charge in [0.25, 0.3) is 0 Å². The van der Waals surface area contributed by atoms with Crippen molar-refractivity contribution in [2.24, 2.45) is 0 Å². The minimum absolute atomic E-state index is 0.685. The van der Waals surface area contributed by atoms with Crippen molar-refractivity contribution in [2.45, 2.75) is 20.4 Å². The lowest BCUT2D eigenvalue weighted by atomic mass is 10.2. The van der Waals surface area contributed by atoms with E-state index in [4.69, 9.17) is 23.8 Å². The van der Waals surface area contributed by atoms with Gasteiger partial charge in [0.1, 0.15) is 0 Å². The molecule has 128 valence electrons. The van der Waals surface area contributed by atoms with Gasteiger partial charge in [0.2, 0.25) is 0 Å². The van der Waals surface area contributed by atoms with Crippen LogP contribution in [0, 0.1) is 0 Å². The van der Waals surface area contributed by atoms with Gasteiger partial charge in [0.05, 0.1) is 0 Å². The largest absolute Gasteiger partial charge is 0.372 e. The summed E-state index contributed by atoms with van der Waals surface area (Å²) in [6.07, 6.45) is 0. The van der Waals surface area contributed by atoms with E-state index in [2.05, 4.69) is 48.3 Å². The number of nitrogens with one attached hydrogen (secondary N) is 1. The van der Waals surface area contributed by atoms with Crippen LogP contribution in [-0.4, -0.2) is 30.1 Å². The van der Waals surface area contributed by atoms with Crippen LogP contribution in [0.3, 0.4) is 0 Å². The highest BCUT2D eigenvalue weighted by atomic mass is 35.5. The van der Waals surface area contributed by atoms with E-state index in [1.54, 1.807) is 0 Å². The van der Waals surface area contributed by atoms with Crippen molar-refractivity contribution in [3.05, 3.63) is 59.1 Å². The summed E-state index contributed by atoms with van der Waals surface area (Å²) in [5.74, 6) is 0. The molecule has 0 radical (unpaired) electrons. The molecule has 0 fully saturated rings. The minimum Gasteiger partial charge on any atom is -0.372 e. The SMILES string of the molecule is CCN(CC)c1ccc(CN(C)C(=S)Nc2ccc(Cl)cc2)cc1. The fourth-order valence-electron chi connectivity index (χ4n) is 2.50. The van der Waals surface area contributed by atoms with Crippen LogP contribution in [0.25, 0.3) is 0 Å². The Balaban J connectivity index is 1.94. The van der Waals surface area contributed by atoms with Crippen LogP contribution in [0.15, 0.2) is 48.5 Å². The lowest BCUT2D eigenvalue weighted by Gasteiger charge is -2.23. The van der Waals surface area contributed by atoms with Gasteiger partial charge in [-0.25, -0.2) is 0 Å². The third-order valence-electron chi connectivity index (χ3n) is 3.93. The normalized spacial score (nSPS) is 10.3. The highest BCUT2D eigenvalue weighted by molar-refractivity contribution is 7.80. The fourth-order valence-corrected chi connectivity index (χ4v) is 2.81. The van der Waals surface area contributed by atoms with Gasteiger partial charge in [0.15, 0.2) is 5.11 Å². The Bertz CT molecular complexity index is 651. The summed E-state index contributed by atoms with van der Waals surface area (Å²) in [5.41, 5.74) is 3.43. The Morgan fingerprint density at radius 1 is 1.00 bits per heavy atom. The smallest absolute Gasteiger partial charge is 0.173 e. The van der Waals surface area contributed by atoms with Crippen molar-refractivity contribution < 1.29 is 0 Å². The molecule has 0 amide bonds. The van der Waals surface area contributed by atoms with Gasteiger partial charge in [-0.05, 0) is 68.0 Å². The average molecular weight is 362 g/mol. The molecule has 0 bridgehead atoms. The van der Waals surface area contributed by atoms with E-state index in [0.717, 1.165) is 25.3 Å². The first-order valence-electron chi connectivity index (χ1n) is 8.15. The topological polar surface area (TPSA) is 18.5 Å². The van der Waals surface area contributed by atoms with Crippen LogP contribution in [0.1, 0.15) is 19.4 Å². The quantitative estimate of drug-likeness (QED) is 0.728. The molecule has 24 heavy (non-hydrogen) atoms. The summed E-state index contributed by atoms with van der Waals surface area (Å²) >= 11 is 11.4. The average Bonchev–Trinajstić information content (AvgIpc) is 2.59. The van der Waals surface area contributed by atoms with Gasteiger partial charge in [-0.15, -0.1) is 0 Å². The maximum Gasteiger partial charge on any atom is 0.173 e. The summed E-state index contributed by atoms with van der Waals surface area (Å²) in [7, 11) is 1.99. The lowest BCUT2D eigenvalue weighted by Crippen LogP contribution is -2.30.